The molecular weight excluding hydrogens is 341 g/mol. The highest BCUT2D eigenvalue weighted by molar-refractivity contribution is 6.34. The van der Waals surface area contributed by atoms with Crippen LogP contribution in [0.5, 0.6) is 5.75 Å². The third-order valence-electron chi connectivity index (χ3n) is 2.77. The van der Waals surface area contributed by atoms with Gasteiger partial charge in [-0.1, -0.05) is 29.3 Å². The molecule has 0 aliphatic heterocycles. The molecule has 120 valence electrons. The summed E-state index contributed by atoms with van der Waals surface area (Å²) in [5.74, 6) is -0.477. The molecule has 5 nitrogen and oxygen atoms in total. The average molecular weight is 354 g/mol. The Morgan fingerprint density at radius 2 is 1.78 bits per heavy atom. The SMILES string of the molecule is COC(=O)c1cccc(NC(=O)COc2cc(Cl)cc(Cl)c2)c1. The number of carbonyl (C=O) groups is 2. The van der Waals surface area contributed by atoms with Crippen molar-refractivity contribution >= 4 is 40.8 Å². The zero-order valence-electron chi connectivity index (χ0n) is 12.1. The summed E-state index contributed by atoms with van der Waals surface area (Å²) in [5, 5.41) is 3.45. The number of carbonyl (C=O) groups excluding carboxylic acids is 2. The third-order valence-corrected chi connectivity index (χ3v) is 3.21. The Morgan fingerprint density at radius 3 is 2.43 bits per heavy atom. The summed E-state index contributed by atoms with van der Waals surface area (Å²) in [6.45, 7) is -0.223. The molecule has 0 heterocycles. The maximum absolute atomic E-state index is 11.9. The molecule has 0 atom stereocenters. The van der Waals surface area contributed by atoms with Crippen molar-refractivity contribution in [3.8, 4) is 5.75 Å². The van der Waals surface area contributed by atoms with Gasteiger partial charge in [0.15, 0.2) is 6.61 Å². The molecule has 0 spiro atoms. The van der Waals surface area contributed by atoms with Crippen LogP contribution >= 0.6 is 23.2 Å². The first-order chi connectivity index (χ1) is 11.0. The van der Waals surface area contributed by atoms with Crippen molar-refractivity contribution in [2.75, 3.05) is 19.0 Å². The molecule has 2 aromatic rings. The first-order valence-corrected chi connectivity index (χ1v) is 7.30. The fourth-order valence-corrected chi connectivity index (χ4v) is 2.31. The minimum atomic E-state index is -0.481. The van der Waals surface area contributed by atoms with E-state index in [1.54, 1.807) is 36.4 Å². The van der Waals surface area contributed by atoms with Crippen molar-refractivity contribution in [2.24, 2.45) is 0 Å². The van der Waals surface area contributed by atoms with Crippen molar-refractivity contribution in [3.05, 3.63) is 58.1 Å². The fourth-order valence-electron chi connectivity index (χ4n) is 1.80. The summed E-state index contributed by atoms with van der Waals surface area (Å²) in [4.78, 5) is 23.3. The summed E-state index contributed by atoms with van der Waals surface area (Å²) < 4.78 is 9.95. The molecule has 2 rings (SSSR count). The second-order valence-electron chi connectivity index (χ2n) is 4.51. The van der Waals surface area contributed by atoms with Crippen molar-refractivity contribution in [1.29, 1.82) is 0 Å². The molecular formula is C16H13Cl2NO4. The lowest BCUT2D eigenvalue weighted by Gasteiger charge is -2.09. The van der Waals surface area contributed by atoms with Crippen LogP contribution < -0.4 is 10.1 Å². The summed E-state index contributed by atoms with van der Waals surface area (Å²) in [6.07, 6.45) is 0. The van der Waals surface area contributed by atoms with Gasteiger partial charge in [0.25, 0.3) is 5.91 Å². The number of ether oxygens (including phenoxy) is 2. The van der Waals surface area contributed by atoms with Gasteiger partial charge in [-0.15, -0.1) is 0 Å². The number of methoxy groups -OCH3 is 1. The Morgan fingerprint density at radius 1 is 1.09 bits per heavy atom. The number of hydrogen-bond acceptors (Lipinski definition) is 4. The van der Waals surface area contributed by atoms with Gasteiger partial charge in [-0.25, -0.2) is 4.79 Å². The first kappa shape index (κ1) is 17.1. The van der Waals surface area contributed by atoms with E-state index in [4.69, 9.17) is 27.9 Å². The maximum Gasteiger partial charge on any atom is 0.337 e. The van der Waals surface area contributed by atoms with Gasteiger partial charge in [0.2, 0.25) is 0 Å². The van der Waals surface area contributed by atoms with E-state index in [9.17, 15) is 9.59 Å². The van der Waals surface area contributed by atoms with E-state index in [0.29, 0.717) is 27.0 Å². The maximum atomic E-state index is 11.9. The summed E-state index contributed by atoms with van der Waals surface area (Å²) >= 11 is 11.7. The molecule has 0 saturated heterocycles. The summed E-state index contributed by atoms with van der Waals surface area (Å²) in [7, 11) is 1.29. The number of amides is 1. The molecule has 23 heavy (non-hydrogen) atoms. The number of anilines is 1. The number of nitrogens with one attached hydrogen (secondary N) is 1. The van der Waals surface area contributed by atoms with Gasteiger partial charge in [-0.05, 0) is 36.4 Å². The van der Waals surface area contributed by atoms with E-state index in [0.717, 1.165) is 0 Å². The minimum Gasteiger partial charge on any atom is -0.484 e. The van der Waals surface area contributed by atoms with Crippen LogP contribution in [0.3, 0.4) is 0 Å². The molecule has 0 fully saturated rings. The smallest absolute Gasteiger partial charge is 0.337 e. The molecule has 0 aromatic heterocycles. The van der Waals surface area contributed by atoms with E-state index < -0.39 is 5.97 Å². The Kier molecular flexibility index (Phi) is 5.84. The zero-order chi connectivity index (χ0) is 16.8. The summed E-state index contributed by atoms with van der Waals surface area (Å²) in [5.41, 5.74) is 0.804. The summed E-state index contributed by atoms with van der Waals surface area (Å²) in [6, 6.07) is 11.1. The van der Waals surface area contributed by atoms with E-state index in [1.165, 1.54) is 13.2 Å². The van der Waals surface area contributed by atoms with Gasteiger partial charge in [-0.2, -0.15) is 0 Å². The van der Waals surface area contributed by atoms with Crippen molar-refractivity contribution in [1.82, 2.24) is 0 Å². The zero-order valence-corrected chi connectivity index (χ0v) is 13.6. The molecule has 0 unspecified atom stereocenters. The lowest BCUT2D eigenvalue weighted by molar-refractivity contribution is -0.118. The number of esters is 1. The number of halogens is 2. The molecule has 0 bridgehead atoms. The van der Waals surface area contributed by atoms with E-state index in [1.807, 2.05) is 0 Å². The average Bonchev–Trinajstić information content (AvgIpc) is 2.51. The van der Waals surface area contributed by atoms with Crippen LogP contribution in [0.4, 0.5) is 5.69 Å². The normalized spacial score (nSPS) is 10.0. The monoisotopic (exact) mass is 353 g/mol. The molecule has 0 radical (unpaired) electrons. The van der Waals surface area contributed by atoms with Crippen molar-refractivity contribution < 1.29 is 19.1 Å². The van der Waals surface area contributed by atoms with E-state index in [2.05, 4.69) is 10.1 Å². The molecule has 0 aliphatic rings. The molecule has 1 amide bonds. The highest BCUT2D eigenvalue weighted by Crippen LogP contribution is 2.24. The Hall–Kier alpha value is -2.24. The van der Waals surface area contributed by atoms with Crippen LogP contribution in [0.2, 0.25) is 10.0 Å². The largest absolute Gasteiger partial charge is 0.484 e. The van der Waals surface area contributed by atoms with Crippen LogP contribution in [0.25, 0.3) is 0 Å². The Labute approximate surface area is 143 Å². The number of benzene rings is 2. The molecule has 1 N–H and O–H groups in total. The van der Waals surface area contributed by atoms with Crippen molar-refractivity contribution in [2.45, 2.75) is 0 Å². The van der Waals surface area contributed by atoms with E-state index in [-0.39, 0.29) is 12.5 Å². The number of hydrogen-bond donors (Lipinski definition) is 1. The van der Waals surface area contributed by atoms with Gasteiger partial charge in [-0.3, -0.25) is 4.79 Å². The fraction of sp³-hybridized carbons (Fsp3) is 0.125. The Balaban J connectivity index is 1.96. The third kappa shape index (κ3) is 5.16. The second-order valence-corrected chi connectivity index (χ2v) is 5.39. The predicted octanol–water partition coefficient (Wildman–Crippen LogP) is 3.80. The molecule has 0 aliphatic carbocycles. The molecule has 0 saturated carbocycles. The van der Waals surface area contributed by atoms with Gasteiger partial charge < -0.3 is 14.8 Å². The molecule has 7 heteroatoms. The topological polar surface area (TPSA) is 64.6 Å². The quantitative estimate of drug-likeness (QED) is 0.830. The van der Waals surface area contributed by atoms with E-state index >= 15 is 0 Å². The number of rotatable bonds is 5. The van der Waals surface area contributed by atoms with Crippen LogP contribution in [-0.4, -0.2) is 25.6 Å². The van der Waals surface area contributed by atoms with Crippen LogP contribution in [0.1, 0.15) is 10.4 Å². The Bertz CT molecular complexity index is 714. The highest BCUT2D eigenvalue weighted by atomic mass is 35.5. The van der Waals surface area contributed by atoms with Crippen LogP contribution in [0.15, 0.2) is 42.5 Å². The van der Waals surface area contributed by atoms with Gasteiger partial charge in [0.1, 0.15) is 5.75 Å². The second kappa shape index (κ2) is 7.85. The standard InChI is InChI=1S/C16H13Cl2NO4/c1-22-16(21)10-3-2-4-13(5-10)19-15(20)9-23-14-7-11(17)6-12(18)8-14/h2-8H,9H2,1H3,(H,19,20). The predicted molar refractivity (Wildman–Crippen MR) is 88.4 cm³/mol. The minimum absolute atomic E-state index is 0.223. The van der Waals surface area contributed by atoms with Gasteiger partial charge in [0, 0.05) is 15.7 Å². The lowest BCUT2D eigenvalue weighted by Crippen LogP contribution is -2.20. The highest BCUT2D eigenvalue weighted by Gasteiger charge is 2.09. The lowest BCUT2D eigenvalue weighted by atomic mass is 10.2. The van der Waals surface area contributed by atoms with Crippen molar-refractivity contribution in [3.63, 3.8) is 0 Å². The first-order valence-electron chi connectivity index (χ1n) is 6.55. The van der Waals surface area contributed by atoms with Crippen LogP contribution in [0, 0.1) is 0 Å². The molecule has 2 aromatic carbocycles. The van der Waals surface area contributed by atoms with Gasteiger partial charge >= 0.3 is 5.97 Å². The van der Waals surface area contributed by atoms with Gasteiger partial charge in [0.05, 0.1) is 12.7 Å². The van der Waals surface area contributed by atoms with Crippen LogP contribution in [-0.2, 0) is 9.53 Å².